The van der Waals surface area contributed by atoms with Gasteiger partial charge in [-0.05, 0) is 45.1 Å². The summed E-state index contributed by atoms with van der Waals surface area (Å²) in [5.41, 5.74) is 0.313. The van der Waals surface area contributed by atoms with Gasteiger partial charge in [0.2, 0.25) is 0 Å². The van der Waals surface area contributed by atoms with Gasteiger partial charge in [-0.25, -0.2) is 0 Å². The summed E-state index contributed by atoms with van der Waals surface area (Å²) in [4.78, 5) is 16.5. The molecule has 2 rings (SSSR count). The molecule has 0 unspecified atom stereocenters. The van der Waals surface area contributed by atoms with Crippen LogP contribution in [0.1, 0.15) is 23.2 Å². The van der Waals surface area contributed by atoms with Crippen LogP contribution >= 0.6 is 0 Å². The second-order valence-electron chi connectivity index (χ2n) is 5.37. The van der Waals surface area contributed by atoms with Crippen LogP contribution in [0.3, 0.4) is 0 Å². The van der Waals surface area contributed by atoms with Crippen LogP contribution in [-0.4, -0.2) is 61.2 Å². The van der Waals surface area contributed by atoms with Crippen LogP contribution in [0.2, 0.25) is 0 Å². The van der Waals surface area contributed by atoms with E-state index in [-0.39, 0.29) is 11.7 Å². The number of rotatable bonds is 3. The molecule has 110 valence electrons. The number of aromatic hydroxyl groups is 1. The van der Waals surface area contributed by atoms with Crippen molar-refractivity contribution in [2.45, 2.75) is 18.9 Å². The number of carbonyl (C=O) groups is 1. The molecule has 5 heteroatoms. The Kier molecular flexibility index (Phi) is 4.49. The molecule has 1 aromatic rings. The molecule has 5 nitrogen and oxygen atoms in total. The van der Waals surface area contributed by atoms with Crippen molar-refractivity contribution in [3.8, 4) is 11.5 Å². The third kappa shape index (κ3) is 3.04. The van der Waals surface area contributed by atoms with Crippen LogP contribution in [0.15, 0.2) is 18.2 Å². The molecule has 0 atom stereocenters. The van der Waals surface area contributed by atoms with E-state index in [1.807, 2.05) is 0 Å². The Morgan fingerprint density at radius 3 is 2.55 bits per heavy atom. The van der Waals surface area contributed by atoms with Gasteiger partial charge in [0.25, 0.3) is 5.91 Å². The van der Waals surface area contributed by atoms with E-state index in [0.717, 1.165) is 25.9 Å². The lowest BCUT2D eigenvalue weighted by Gasteiger charge is -2.35. The molecule has 0 aliphatic carbocycles. The van der Waals surface area contributed by atoms with Crippen molar-refractivity contribution in [1.29, 1.82) is 0 Å². The number of methoxy groups -OCH3 is 1. The molecule has 20 heavy (non-hydrogen) atoms. The smallest absolute Gasteiger partial charge is 0.257 e. The zero-order valence-electron chi connectivity index (χ0n) is 12.3. The van der Waals surface area contributed by atoms with Gasteiger partial charge in [0, 0.05) is 19.1 Å². The zero-order chi connectivity index (χ0) is 14.7. The second kappa shape index (κ2) is 6.13. The number of phenols is 1. The quantitative estimate of drug-likeness (QED) is 0.912. The van der Waals surface area contributed by atoms with E-state index >= 15 is 0 Å². The first-order chi connectivity index (χ1) is 9.52. The number of likely N-dealkylation sites (tertiary alicyclic amines) is 1. The van der Waals surface area contributed by atoms with Crippen LogP contribution in [0.25, 0.3) is 0 Å². The van der Waals surface area contributed by atoms with Gasteiger partial charge in [0.15, 0.2) is 0 Å². The fourth-order valence-electron chi connectivity index (χ4n) is 2.57. The Balaban J connectivity index is 2.09. The summed E-state index contributed by atoms with van der Waals surface area (Å²) in [5, 5.41) is 9.86. The van der Waals surface area contributed by atoms with Gasteiger partial charge in [-0.1, -0.05) is 0 Å². The standard InChI is InChI=1S/C15H22N2O3/c1-16(2)11-6-8-17(9-7-11)15(19)13-10-12(20-3)4-5-14(13)18/h4-5,10-11,18H,6-9H2,1-3H3. The molecule has 1 heterocycles. The first-order valence-electron chi connectivity index (χ1n) is 6.85. The SMILES string of the molecule is COc1ccc(O)c(C(=O)N2CCC(N(C)C)CC2)c1. The van der Waals surface area contributed by atoms with Crippen LogP contribution in [0.4, 0.5) is 0 Å². The normalized spacial score (nSPS) is 16.5. The first kappa shape index (κ1) is 14.7. The minimum absolute atomic E-state index is 0.00512. The molecule has 1 aliphatic heterocycles. The number of hydrogen-bond donors (Lipinski definition) is 1. The monoisotopic (exact) mass is 278 g/mol. The maximum absolute atomic E-state index is 12.5. The molecule has 0 radical (unpaired) electrons. The van der Waals surface area contributed by atoms with Crippen LogP contribution in [0.5, 0.6) is 11.5 Å². The third-order valence-corrected chi connectivity index (χ3v) is 3.92. The second-order valence-corrected chi connectivity index (χ2v) is 5.37. The van der Waals surface area contributed by atoms with Gasteiger partial charge in [0.1, 0.15) is 11.5 Å². The molecule has 0 saturated carbocycles. The van der Waals surface area contributed by atoms with Gasteiger partial charge in [-0.15, -0.1) is 0 Å². The predicted octanol–water partition coefficient (Wildman–Crippen LogP) is 1.57. The molecule has 1 amide bonds. The van der Waals surface area contributed by atoms with Crippen LogP contribution < -0.4 is 4.74 Å². The Morgan fingerprint density at radius 2 is 2.00 bits per heavy atom. The average Bonchev–Trinajstić information content (AvgIpc) is 2.47. The Bertz CT molecular complexity index is 480. The Hall–Kier alpha value is -1.75. The number of carbonyl (C=O) groups excluding carboxylic acids is 1. The molecular weight excluding hydrogens is 256 g/mol. The number of piperidine rings is 1. The van der Waals surface area contributed by atoms with Gasteiger partial charge in [-0.3, -0.25) is 4.79 Å². The van der Waals surface area contributed by atoms with E-state index in [9.17, 15) is 9.90 Å². The molecular formula is C15H22N2O3. The van der Waals surface area contributed by atoms with Crippen molar-refractivity contribution in [3.05, 3.63) is 23.8 Å². The molecule has 1 aliphatic rings. The number of phenolic OH excluding ortho intramolecular Hbond substituents is 1. The minimum atomic E-state index is -0.126. The summed E-state index contributed by atoms with van der Waals surface area (Å²) in [6.07, 6.45) is 1.92. The molecule has 0 bridgehead atoms. The van der Waals surface area contributed by atoms with Crippen molar-refractivity contribution >= 4 is 5.91 Å². The minimum Gasteiger partial charge on any atom is -0.507 e. The lowest BCUT2D eigenvalue weighted by atomic mass is 10.0. The summed E-state index contributed by atoms with van der Waals surface area (Å²) in [5.74, 6) is 0.457. The summed E-state index contributed by atoms with van der Waals surface area (Å²) < 4.78 is 5.11. The zero-order valence-corrected chi connectivity index (χ0v) is 12.3. The predicted molar refractivity (Wildman–Crippen MR) is 77.3 cm³/mol. The molecule has 1 saturated heterocycles. The lowest BCUT2D eigenvalue weighted by molar-refractivity contribution is 0.0660. The van der Waals surface area contributed by atoms with Crippen LogP contribution in [-0.2, 0) is 0 Å². The third-order valence-electron chi connectivity index (χ3n) is 3.92. The van der Waals surface area contributed by atoms with E-state index in [1.165, 1.54) is 6.07 Å². The topological polar surface area (TPSA) is 53.0 Å². The van der Waals surface area contributed by atoms with Crippen LogP contribution in [0, 0.1) is 0 Å². The Morgan fingerprint density at radius 1 is 1.35 bits per heavy atom. The van der Waals surface area contributed by atoms with E-state index in [0.29, 0.717) is 17.4 Å². The van der Waals surface area contributed by atoms with E-state index in [4.69, 9.17) is 4.74 Å². The number of amides is 1. The highest BCUT2D eigenvalue weighted by atomic mass is 16.5. The van der Waals surface area contributed by atoms with Crippen molar-refractivity contribution in [2.24, 2.45) is 0 Å². The molecule has 1 aromatic carbocycles. The van der Waals surface area contributed by atoms with E-state index in [1.54, 1.807) is 24.1 Å². The van der Waals surface area contributed by atoms with Crippen molar-refractivity contribution in [3.63, 3.8) is 0 Å². The Labute approximate surface area is 119 Å². The van der Waals surface area contributed by atoms with Gasteiger partial charge in [-0.2, -0.15) is 0 Å². The molecule has 0 spiro atoms. The molecule has 0 aromatic heterocycles. The van der Waals surface area contributed by atoms with Crippen molar-refractivity contribution < 1.29 is 14.6 Å². The number of hydrogen-bond acceptors (Lipinski definition) is 4. The molecule has 1 N–H and O–H groups in total. The lowest BCUT2D eigenvalue weighted by Crippen LogP contribution is -2.44. The fourth-order valence-corrected chi connectivity index (χ4v) is 2.57. The highest BCUT2D eigenvalue weighted by molar-refractivity contribution is 5.97. The maximum atomic E-state index is 12.5. The average molecular weight is 278 g/mol. The largest absolute Gasteiger partial charge is 0.507 e. The van der Waals surface area contributed by atoms with E-state index < -0.39 is 0 Å². The maximum Gasteiger partial charge on any atom is 0.257 e. The summed E-state index contributed by atoms with van der Waals surface area (Å²) in [6.45, 7) is 1.44. The van der Waals surface area contributed by atoms with Crippen molar-refractivity contribution in [2.75, 3.05) is 34.3 Å². The van der Waals surface area contributed by atoms with Gasteiger partial charge >= 0.3 is 0 Å². The highest BCUT2D eigenvalue weighted by Gasteiger charge is 2.26. The summed E-state index contributed by atoms with van der Waals surface area (Å²) in [6, 6.07) is 5.26. The number of ether oxygens (including phenoxy) is 1. The number of benzene rings is 1. The van der Waals surface area contributed by atoms with E-state index in [2.05, 4.69) is 19.0 Å². The summed E-state index contributed by atoms with van der Waals surface area (Å²) in [7, 11) is 5.68. The van der Waals surface area contributed by atoms with Crippen molar-refractivity contribution in [1.82, 2.24) is 9.80 Å². The number of nitrogens with zero attached hydrogens (tertiary/aromatic N) is 2. The molecule has 1 fully saturated rings. The van der Waals surface area contributed by atoms with Gasteiger partial charge < -0.3 is 19.6 Å². The summed E-state index contributed by atoms with van der Waals surface area (Å²) >= 11 is 0. The first-order valence-corrected chi connectivity index (χ1v) is 6.85. The van der Waals surface area contributed by atoms with Gasteiger partial charge in [0.05, 0.1) is 12.7 Å². The fraction of sp³-hybridized carbons (Fsp3) is 0.533. The highest BCUT2D eigenvalue weighted by Crippen LogP contribution is 2.25.